The number of benzene rings is 2. The molecular weight excluding hydrogens is 446 g/mol. The topological polar surface area (TPSA) is 106 Å². The number of aromatic amines is 1. The van der Waals surface area contributed by atoms with Gasteiger partial charge in [-0.1, -0.05) is 23.4 Å². The van der Waals surface area contributed by atoms with Gasteiger partial charge < -0.3 is 24.3 Å². The molecule has 5 rings (SSSR count). The number of ketones is 1. The molecule has 8 heteroatoms. The Hall–Kier alpha value is -4.17. The molecule has 1 aliphatic heterocycles. The van der Waals surface area contributed by atoms with Crippen molar-refractivity contribution in [2.45, 2.75) is 25.8 Å². The van der Waals surface area contributed by atoms with Gasteiger partial charge in [0.25, 0.3) is 5.91 Å². The number of rotatable bonds is 7. The van der Waals surface area contributed by atoms with Gasteiger partial charge in [-0.25, -0.2) is 0 Å². The average Bonchev–Trinajstić information content (AvgIpc) is 3.53. The summed E-state index contributed by atoms with van der Waals surface area (Å²) >= 11 is 0. The molecule has 35 heavy (non-hydrogen) atoms. The summed E-state index contributed by atoms with van der Waals surface area (Å²) in [4.78, 5) is 28.9. The summed E-state index contributed by atoms with van der Waals surface area (Å²) in [7, 11) is 0. The molecule has 0 radical (unpaired) electrons. The van der Waals surface area contributed by atoms with E-state index in [0.717, 1.165) is 24.2 Å². The zero-order valence-corrected chi connectivity index (χ0v) is 19.2. The van der Waals surface area contributed by atoms with Crippen LogP contribution in [0.3, 0.4) is 0 Å². The molecule has 4 aromatic rings. The number of amides is 1. The number of carbonyl (C=O) groups is 2. The van der Waals surface area contributed by atoms with Crippen LogP contribution in [0.15, 0.2) is 71.4 Å². The minimum Gasteiger partial charge on any atom is -0.457 e. The average molecular weight is 472 g/mol. The highest BCUT2D eigenvalue weighted by atomic mass is 16.5. The van der Waals surface area contributed by atoms with Crippen LogP contribution in [0.4, 0.5) is 0 Å². The van der Waals surface area contributed by atoms with Crippen molar-refractivity contribution >= 4 is 11.7 Å². The summed E-state index contributed by atoms with van der Waals surface area (Å²) < 4.78 is 16.5. The Labute approximate surface area is 202 Å². The number of H-pyrrole nitrogens is 1. The van der Waals surface area contributed by atoms with Gasteiger partial charge in [-0.3, -0.25) is 9.59 Å². The summed E-state index contributed by atoms with van der Waals surface area (Å²) in [5, 5.41) is 7.12. The molecule has 178 valence electrons. The van der Waals surface area contributed by atoms with Crippen molar-refractivity contribution in [2.24, 2.45) is 0 Å². The third kappa shape index (κ3) is 5.02. The Bertz CT molecular complexity index is 1320. The standard InChI is InChI=1S/C27H25N3O5/c1-17-24(26(31)19-15-23(28-16-19)27(32)29-20-11-13-33-14-12-20)25(30-35-17)18-7-9-22(10-8-18)34-21-5-3-2-4-6-21/h2-10,15-16,20,28H,11-14H2,1H3,(H,29,32). The van der Waals surface area contributed by atoms with E-state index in [2.05, 4.69) is 15.5 Å². The molecule has 0 aliphatic carbocycles. The van der Waals surface area contributed by atoms with E-state index in [-0.39, 0.29) is 17.7 Å². The molecule has 3 heterocycles. The molecule has 8 nitrogen and oxygen atoms in total. The Morgan fingerprint density at radius 1 is 1.03 bits per heavy atom. The fraction of sp³-hybridized carbons (Fsp3) is 0.222. The van der Waals surface area contributed by atoms with Crippen LogP contribution in [0.2, 0.25) is 0 Å². The summed E-state index contributed by atoms with van der Waals surface area (Å²) in [5.74, 6) is 1.29. The Balaban J connectivity index is 1.33. The van der Waals surface area contributed by atoms with Crippen molar-refractivity contribution in [3.05, 3.63) is 89.4 Å². The monoisotopic (exact) mass is 471 g/mol. The maximum atomic E-state index is 13.4. The molecule has 0 saturated carbocycles. The summed E-state index contributed by atoms with van der Waals surface area (Å²) in [6.07, 6.45) is 3.08. The quantitative estimate of drug-likeness (QED) is 0.371. The first-order valence-electron chi connectivity index (χ1n) is 11.5. The first-order chi connectivity index (χ1) is 17.1. The maximum absolute atomic E-state index is 13.4. The van der Waals surface area contributed by atoms with E-state index in [1.54, 1.807) is 13.0 Å². The van der Waals surface area contributed by atoms with Gasteiger partial charge in [0.05, 0.1) is 5.56 Å². The fourth-order valence-corrected chi connectivity index (χ4v) is 4.05. The fourth-order valence-electron chi connectivity index (χ4n) is 4.05. The lowest BCUT2D eigenvalue weighted by atomic mass is 9.99. The van der Waals surface area contributed by atoms with Crippen molar-refractivity contribution < 1.29 is 23.6 Å². The van der Waals surface area contributed by atoms with E-state index in [4.69, 9.17) is 14.0 Å². The molecule has 0 atom stereocenters. The second kappa shape index (κ2) is 9.99. The van der Waals surface area contributed by atoms with Gasteiger partial charge in [0.15, 0.2) is 5.78 Å². The smallest absolute Gasteiger partial charge is 0.267 e. The predicted octanol–water partition coefficient (Wildman–Crippen LogP) is 4.91. The normalized spacial score (nSPS) is 14.0. The van der Waals surface area contributed by atoms with Crippen LogP contribution in [0.1, 0.15) is 45.0 Å². The second-order valence-electron chi connectivity index (χ2n) is 8.39. The van der Waals surface area contributed by atoms with E-state index < -0.39 is 0 Å². The molecule has 1 amide bonds. The maximum Gasteiger partial charge on any atom is 0.267 e. The minimum absolute atomic E-state index is 0.0689. The van der Waals surface area contributed by atoms with Gasteiger partial charge in [-0.2, -0.15) is 0 Å². The van der Waals surface area contributed by atoms with E-state index in [1.807, 2.05) is 54.6 Å². The molecule has 2 N–H and O–H groups in total. The molecule has 0 spiro atoms. The molecule has 1 fully saturated rings. The lowest BCUT2D eigenvalue weighted by molar-refractivity contribution is 0.0694. The van der Waals surface area contributed by atoms with E-state index in [9.17, 15) is 9.59 Å². The number of aromatic nitrogens is 2. The molecule has 1 saturated heterocycles. The van der Waals surface area contributed by atoms with Gasteiger partial charge in [-0.05, 0) is 62.2 Å². The lowest BCUT2D eigenvalue weighted by Crippen LogP contribution is -2.39. The van der Waals surface area contributed by atoms with E-state index >= 15 is 0 Å². The van der Waals surface area contributed by atoms with Gasteiger partial charge >= 0.3 is 0 Å². The second-order valence-corrected chi connectivity index (χ2v) is 8.39. The molecule has 0 bridgehead atoms. The highest BCUT2D eigenvalue weighted by molar-refractivity contribution is 6.13. The number of hydrogen-bond acceptors (Lipinski definition) is 6. The Morgan fingerprint density at radius 3 is 2.49 bits per heavy atom. The first-order valence-corrected chi connectivity index (χ1v) is 11.5. The van der Waals surface area contributed by atoms with Gasteiger partial charge in [-0.15, -0.1) is 0 Å². The summed E-state index contributed by atoms with van der Waals surface area (Å²) in [6, 6.07) is 18.4. The molecule has 1 aliphatic rings. The number of aryl methyl sites for hydroxylation is 1. The van der Waals surface area contributed by atoms with Crippen LogP contribution in [0.25, 0.3) is 11.3 Å². The van der Waals surface area contributed by atoms with Crippen molar-refractivity contribution in [1.82, 2.24) is 15.5 Å². The Morgan fingerprint density at radius 2 is 1.74 bits per heavy atom. The first kappa shape index (κ1) is 22.6. The van der Waals surface area contributed by atoms with Gasteiger partial charge in [0, 0.05) is 36.6 Å². The third-order valence-electron chi connectivity index (χ3n) is 5.94. The summed E-state index contributed by atoms with van der Waals surface area (Å²) in [6.45, 7) is 2.96. The van der Waals surface area contributed by atoms with Crippen LogP contribution in [-0.4, -0.2) is 41.1 Å². The van der Waals surface area contributed by atoms with E-state index in [0.29, 0.717) is 47.2 Å². The molecule has 2 aromatic heterocycles. The number of ether oxygens (including phenoxy) is 2. The number of nitrogens with zero attached hydrogens (tertiary/aromatic N) is 1. The number of hydrogen-bond donors (Lipinski definition) is 2. The van der Waals surface area contributed by atoms with Crippen molar-refractivity contribution in [1.29, 1.82) is 0 Å². The van der Waals surface area contributed by atoms with Crippen molar-refractivity contribution in [3.8, 4) is 22.8 Å². The Kier molecular flexibility index (Phi) is 6.45. The van der Waals surface area contributed by atoms with E-state index in [1.165, 1.54) is 6.20 Å². The largest absolute Gasteiger partial charge is 0.457 e. The zero-order chi connectivity index (χ0) is 24.2. The highest BCUT2D eigenvalue weighted by Gasteiger charge is 2.25. The SMILES string of the molecule is Cc1onc(-c2ccc(Oc3ccccc3)cc2)c1C(=O)c1c[nH]c(C(=O)NC2CCOCC2)c1. The molecule has 0 unspecified atom stereocenters. The van der Waals surface area contributed by atoms with Crippen LogP contribution in [0.5, 0.6) is 11.5 Å². The van der Waals surface area contributed by atoms with Gasteiger partial charge in [0.1, 0.15) is 28.6 Å². The van der Waals surface area contributed by atoms with Crippen molar-refractivity contribution in [2.75, 3.05) is 13.2 Å². The highest BCUT2D eigenvalue weighted by Crippen LogP contribution is 2.30. The molecular formula is C27H25N3O5. The van der Waals surface area contributed by atoms with Crippen LogP contribution in [-0.2, 0) is 4.74 Å². The zero-order valence-electron chi connectivity index (χ0n) is 19.2. The van der Waals surface area contributed by atoms with Crippen LogP contribution in [0, 0.1) is 6.92 Å². The third-order valence-corrected chi connectivity index (χ3v) is 5.94. The van der Waals surface area contributed by atoms with Crippen LogP contribution >= 0.6 is 0 Å². The predicted molar refractivity (Wildman–Crippen MR) is 129 cm³/mol. The van der Waals surface area contributed by atoms with Gasteiger partial charge in [0.2, 0.25) is 0 Å². The summed E-state index contributed by atoms with van der Waals surface area (Å²) in [5.41, 5.74) is 2.21. The lowest BCUT2D eigenvalue weighted by Gasteiger charge is -2.22. The van der Waals surface area contributed by atoms with Crippen LogP contribution < -0.4 is 10.1 Å². The van der Waals surface area contributed by atoms with Crippen molar-refractivity contribution in [3.63, 3.8) is 0 Å². The number of para-hydroxylation sites is 1. The number of carbonyl (C=O) groups excluding carboxylic acids is 2. The molecule has 2 aromatic carbocycles. The number of nitrogens with one attached hydrogen (secondary N) is 2. The minimum atomic E-state index is -0.273.